The first-order valence-corrected chi connectivity index (χ1v) is 4.81. The van der Waals surface area contributed by atoms with Gasteiger partial charge in [-0.1, -0.05) is 0 Å². The molecule has 0 aromatic rings. The zero-order valence-electron chi connectivity index (χ0n) is 5.77. The van der Waals surface area contributed by atoms with Crippen molar-refractivity contribution < 1.29 is 28.2 Å². The highest BCUT2D eigenvalue weighted by Crippen LogP contribution is 2.01. The van der Waals surface area contributed by atoms with Gasteiger partial charge in [-0.15, -0.1) is 4.21 Å². The molecule has 0 atom stereocenters. The highest BCUT2D eigenvalue weighted by molar-refractivity contribution is 8.02. The van der Waals surface area contributed by atoms with Gasteiger partial charge in [0.1, 0.15) is 17.8 Å². The van der Waals surface area contributed by atoms with E-state index in [1.807, 2.05) is 13.8 Å². The molecular weight excluding hydrogens is 235 g/mol. The second-order valence-corrected chi connectivity index (χ2v) is 5.92. The van der Waals surface area contributed by atoms with Gasteiger partial charge in [-0.2, -0.15) is 0 Å². The van der Waals surface area contributed by atoms with Crippen molar-refractivity contribution in [2.24, 2.45) is 0 Å². The van der Waals surface area contributed by atoms with Gasteiger partial charge in [0, 0.05) is 0 Å². The second kappa shape index (κ2) is 3.82. The van der Waals surface area contributed by atoms with Crippen LogP contribution in [0.15, 0.2) is 0 Å². The lowest BCUT2D eigenvalue weighted by atomic mass is 10.6. The Kier molecular flexibility index (Phi) is 5.56. The van der Waals surface area contributed by atoms with Crippen molar-refractivity contribution in [3.8, 4) is 0 Å². The first-order valence-electron chi connectivity index (χ1n) is 2.37. The van der Waals surface area contributed by atoms with Crippen LogP contribution in [0.4, 0.5) is 0 Å². The van der Waals surface area contributed by atoms with Crippen LogP contribution in [0.5, 0.6) is 0 Å². The van der Waals surface area contributed by atoms with Crippen molar-refractivity contribution in [1.29, 1.82) is 0 Å². The summed E-state index contributed by atoms with van der Waals surface area (Å²) in [6, 6.07) is 0. The molecule has 0 saturated carbocycles. The van der Waals surface area contributed by atoms with Gasteiger partial charge < -0.3 is 24.0 Å². The standard InChI is InChI=1S/C5H13OS.HI/c1-5(2)7(3,4)6;/h5H,1-4H3;1H/q+1;/p-1. The van der Waals surface area contributed by atoms with Gasteiger partial charge in [-0.3, -0.25) is 0 Å². The van der Waals surface area contributed by atoms with Crippen molar-refractivity contribution in [2.45, 2.75) is 19.1 Å². The molecule has 0 heterocycles. The fourth-order valence-corrected chi connectivity index (χ4v) is 0. The van der Waals surface area contributed by atoms with E-state index in [4.69, 9.17) is 0 Å². The Hall–Kier alpha value is 0.880. The van der Waals surface area contributed by atoms with E-state index in [1.165, 1.54) is 0 Å². The van der Waals surface area contributed by atoms with Crippen molar-refractivity contribution >= 4 is 9.93 Å². The van der Waals surface area contributed by atoms with Gasteiger partial charge in [-0.05, 0) is 13.8 Å². The molecule has 0 aliphatic rings. The molecule has 3 heteroatoms. The molecule has 0 unspecified atom stereocenters. The van der Waals surface area contributed by atoms with Crippen LogP contribution in [-0.2, 0) is 14.1 Å². The van der Waals surface area contributed by atoms with Crippen LogP contribution in [0.25, 0.3) is 0 Å². The van der Waals surface area contributed by atoms with Crippen LogP contribution in [-0.4, -0.2) is 17.8 Å². The predicted octanol–water partition coefficient (Wildman–Crippen LogP) is -1.84. The highest BCUT2D eigenvalue weighted by Gasteiger charge is 2.16. The van der Waals surface area contributed by atoms with E-state index >= 15 is 0 Å². The van der Waals surface area contributed by atoms with Crippen LogP contribution in [0.2, 0.25) is 0 Å². The quantitative estimate of drug-likeness (QED) is 0.393. The average Bonchev–Trinajstić information content (AvgIpc) is 1.31. The number of rotatable bonds is 1. The summed E-state index contributed by atoms with van der Waals surface area (Å²) in [5.74, 6) is 0. The van der Waals surface area contributed by atoms with Crippen LogP contribution in [0.1, 0.15) is 13.8 Å². The topological polar surface area (TPSA) is 17.1 Å². The molecule has 0 N–H and O–H groups in total. The molecule has 0 aliphatic heterocycles. The van der Waals surface area contributed by atoms with E-state index in [0.717, 1.165) is 0 Å². The van der Waals surface area contributed by atoms with Crippen LogP contribution in [0, 0.1) is 0 Å². The minimum Gasteiger partial charge on any atom is -1.00 e. The molecule has 0 saturated heterocycles. The van der Waals surface area contributed by atoms with Gasteiger partial charge >= 0.3 is 0 Å². The summed E-state index contributed by atoms with van der Waals surface area (Å²) in [6.45, 7) is 3.95. The summed E-state index contributed by atoms with van der Waals surface area (Å²) in [5, 5.41) is 0.326. The molecule has 0 rings (SSSR count). The monoisotopic (exact) mass is 248 g/mol. The zero-order chi connectivity index (χ0) is 6.08. The third-order valence-corrected chi connectivity index (χ3v) is 3.41. The van der Waals surface area contributed by atoms with E-state index in [9.17, 15) is 4.21 Å². The lowest BCUT2D eigenvalue weighted by Crippen LogP contribution is -3.00. The average molecular weight is 248 g/mol. The highest BCUT2D eigenvalue weighted by atomic mass is 127. The van der Waals surface area contributed by atoms with E-state index < -0.39 is 9.93 Å². The Morgan fingerprint density at radius 2 is 1.38 bits per heavy atom. The summed E-state index contributed by atoms with van der Waals surface area (Å²) in [5.41, 5.74) is 0. The first-order chi connectivity index (χ1) is 2.94. The van der Waals surface area contributed by atoms with Crippen molar-refractivity contribution in [3.63, 3.8) is 0 Å². The minimum atomic E-state index is -1.49. The zero-order valence-corrected chi connectivity index (χ0v) is 8.75. The summed E-state index contributed by atoms with van der Waals surface area (Å²) >= 11 is 0. The lowest BCUT2D eigenvalue weighted by Gasteiger charge is -2.01. The Labute approximate surface area is 69.7 Å². The maximum Gasteiger partial charge on any atom is 0.116 e. The largest absolute Gasteiger partial charge is 1.00 e. The fraction of sp³-hybridized carbons (Fsp3) is 1.00. The third-order valence-electron chi connectivity index (χ3n) is 1.14. The van der Waals surface area contributed by atoms with Crippen LogP contribution in [0.3, 0.4) is 0 Å². The van der Waals surface area contributed by atoms with Crippen LogP contribution < -0.4 is 24.0 Å². The van der Waals surface area contributed by atoms with Crippen molar-refractivity contribution in [3.05, 3.63) is 0 Å². The summed E-state index contributed by atoms with van der Waals surface area (Å²) in [4.78, 5) is 0. The van der Waals surface area contributed by atoms with E-state index in [1.54, 1.807) is 12.5 Å². The molecule has 0 fully saturated rings. The molecule has 0 bridgehead atoms. The van der Waals surface area contributed by atoms with Crippen molar-refractivity contribution in [1.82, 2.24) is 0 Å². The number of hydrogen-bond acceptors (Lipinski definition) is 1. The molecule has 8 heavy (non-hydrogen) atoms. The Balaban J connectivity index is 0. The Morgan fingerprint density at radius 3 is 1.38 bits per heavy atom. The Bertz CT molecular complexity index is 94.6. The SMILES string of the molecule is CC(C)[S+](C)(C)=O.[I-]. The van der Waals surface area contributed by atoms with E-state index in [2.05, 4.69) is 0 Å². The van der Waals surface area contributed by atoms with Gasteiger partial charge in [0.05, 0.1) is 9.93 Å². The maximum atomic E-state index is 10.9. The number of hydrogen-bond donors (Lipinski definition) is 0. The van der Waals surface area contributed by atoms with Gasteiger partial charge in [0.25, 0.3) is 0 Å². The maximum absolute atomic E-state index is 10.9. The summed E-state index contributed by atoms with van der Waals surface area (Å²) in [7, 11) is -1.49. The minimum absolute atomic E-state index is 0. The van der Waals surface area contributed by atoms with Gasteiger partial charge in [0.15, 0.2) is 0 Å². The summed E-state index contributed by atoms with van der Waals surface area (Å²) in [6.07, 6.45) is 3.58. The first kappa shape index (κ1) is 11.6. The molecule has 0 aromatic carbocycles. The number of halogens is 1. The Morgan fingerprint density at radius 1 is 1.25 bits per heavy atom. The smallest absolute Gasteiger partial charge is 0.116 e. The molecule has 0 radical (unpaired) electrons. The van der Waals surface area contributed by atoms with E-state index in [0.29, 0.717) is 5.25 Å². The molecule has 0 spiro atoms. The lowest BCUT2D eigenvalue weighted by molar-refractivity contribution is -0.00000313. The predicted molar refractivity (Wildman–Crippen MR) is 35.0 cm³/mol. The van der Waals surface area contributed by atoms with E-state index in [-0.39, 0.29) is 24.0 Å². The molecule has 0 aliphatic carbocycles. The van der Waals surface area contributed by atoms with Crippen molar-refractivity contribution in [2.75, 3.05) is 12.5 Å². The molecule has 1 nitrogen and oxygen atoms in total. The second-order valence-electron chi connectivity index (χ2n) is 2.36. The van der Waals surface area contributed by atoms with Crippen LogP contribution >= 0.6 is 0 Å². The fourth-order valence-electron chi connectivity index (χ4n) is 0. The molecule has 52 valence electrons. The molecule has 0 aromatic heterocycles. The van der Waals surface area contributed by atoms with Gasteiger partial charge in [-0.25, -0.2) is 0 Å². The normalized spacial score (nSPS) is 11.1. The third kappa shape index (κ3) is 5.03. The molecular formula is C5H13IOS. The van der Waals surface area contributed by atoms with Gasteiger partial charge in [0.2, 0.25) is 0 Å². The molecule has 0 amide bonds. The summed E-state index contributed by atoms with van der Waals surface area (Å²) < 4.78 is 10.9.